The number of benzene rings is 3. The zero-order valence-electron chi connectivity index (χ0n) is 18.6. The van der Waals surface area contributed by atoms with Crippen molar-refractivity contribution in [1.82, 2.24) is 0 Å². The first-order chi connectivity index (χ1) is 14.3. The van der Waals surface area contributed by atoms with Gasteiger partial charge in [-0.15, -0.1) is 12.6 Å². The van der Waals surface area contributed by atoms with Gasteiger partial charge in [-0.2, -0.15) is 7.11 Å². The summed E-state index contributed by atoms with van der Waals surface area (Å²) in [6.45, 7) is 3.40. The largest absolute Gasteiger partial charge is 1.00 e. The average Bonchev–Trinajstić information content (AvgIpc) is 2.77. The van der Waals surface area contributed by atoms with E-state index >= 15 is 0 Å². The number of aryl methyl sites for hydroxylation is 2. The Morgan fingerprint density at radius 1 is 1.06 bits per heavy atom. The minimum absolute atomic E-state index is 0. The molecule has 0 unspecified atom stereocenters. The normalized spacial score (nSPS) is 10.0. The molecule has 2 aromatic rings. The van der Waals surface area contributed by atoms with Crippen molar-refractivity contribution in [2.45, 2.75) is 18.7 Å². The number of fused-ring (bicyclic) bond motifs is 2. The molecule has 2 aromatic carbocycles. The summed E-state index contributed by atoms with van der Waals surface area (Å²) >= 11 is 4.25. The number of carbonyl (C=O) groups excluding carboxylic acids is 1. The molecule has 0 fully saturated rings. The quantitative estimate of drug-likeness (QED) is 0.106. The van der Waals surface area contributed by atoms with E-state index < -0.39 is 5.43 Å². The Morgan fingerprint density at radius 3 is 2.31 bits per heavy atom. The van der Waals surface area contributed by atoms with Gasteiger partial charge in [-0.25, -0.2) is 0 Å². The molecule has 2 aliphatic rings. The number of anilines is 1. The van der Waals surface area contributed by atoms with E-state index in [1.807, 2.05) is 12.1 Å². The summed E-state index contributed by atoms with van der Waals surface area (Å²) in [5, 5.41) is 21.4. The summed E-state index contributed by atoms with van der Waals surface area (Å²) in [7, 11) is 0.750. The van der Waals surface area contributed by atoms with Gasteiger partial charge in [0.05, 0.1) is 4.90 Å². The SMILES string of the molecule is C[O-].Cc1cc2c(-c3ccccc3C=O)c3cc(S)c(=O)c(N)c-3oc2c(C)c1[O-].[Na+].[Na+]. The second-order valence-electron chi connectivity index (χ2n) is 6.72. The van der Waals surface area contributed by atoms with Gasteiger partial charge in [0.2, 0.25) is 5.43 Å². The van der Waals surface area contributed by atoms with Crippen molar-refractivity contribution in [3.05, 3.63) is 63.3 Å². The molecule has 2 N–H and O–H groups in total. The topological polar surface area (TPSA) is 119 Å². The Kier molecular flexibility index (Phi) is 10.5. The third kappa shape index (κ3) is 4.81. The van der Waals surface area contributed by atoms with Crippen LogP contribution < -0.4 is 80.5 Å². The van der Waals surface area contributed by atoms with Gasteiger partial charge >= 0.3 is 59.1 Å². The molecule has 0 radical (unpaired) electrons. The van der Waals surface area contributed by atoms with E-state index in [-0.39, 0.29) is 81.2 Å². The van der Waals surface area contributed by atoms with Crippen LogP contribution in [0.2, 0.25) is 0 Å². The molecule has 0 aromatic heterocycles. The smallest absolute Gasteiger partial charge is 0.872 e. The molecule has 4 rings (SSSR count). The predicted octanol–water partition coefficient (Wildman–Crippen LogP) is -3.08. The molecule has 0 atom stereocenters. The number of thiol groups is 1. The third-order valence-corrected chi connectivity index (χ3v) is 5.32. The third-order valence-electron chi connectivity index (χ3n) is 4.99. The van der Waals surface area contributed by atoms with Gasteiger partial charge in [0.15, 0.2) is 12.0 Å². The second-order valence-corrected chi connectivity index (χ2v) is 7.20. The zero-order valence-corrected chi connectivity index (χ0v) is 23.5. The van der Waals surface area contributed by atoms with Crippen molar-refractivity contribution in [3.8, 4) is 28.2 Å². The Morgan fingerprint density at radius 2 is 1.69 bits per heavy atom. The fourth-order valence-electron chi connectivity index (χ4n) is 3.58. The Labute approximate surface area is 235 Å². The Hall–Kier alpha value is -1.29. The molecule has 0 bridgehead atoms. The molecule has 0 spiro atoms. The number of nitrogens with two attached hydrogens (primary N) is 1. The summed E-state index contributed by atoms with van der Waals surface area (Å²) in [6.07, 6.45) is 0.770. The summed E-state index contributed by atoms with van der Waals surface area (Å²) in [6, 6.07) is 10.4. The first-order valence-corrected chi connectivity index (χ1v) is 9.44. The second kappa shape index (κ2) is 11.7. The van der Waals surface area contributed by atoms with Gasteiger partial charge < -0.3 is 20.4 Å². The van der Waals surface area contributed by atoms with E-state index in [1.165, 1.54) is 0 Å². The van der Waals surface area contributed by atoms with Crippen LogP contribution >= 0.6 is 12.6 Å². The molecule has 0 amide bonds. The van der Waals surface area contributed by atoms with Crippen LogP contribution in [0.5, 0.6) is 5.75 Å². The zero-order chi connectivity index (χ0) is 22.2. The maximum atomic E-state index is 12.5. The van der Waals surface area contributed by atoms with Gasteiger partial charge in [0.1, 0.15) is 11.3 Å². The van der Waals surface area contributed by atoms with Crippen molar-refractivity contribution in [3.63, 3.8) is 0 Å². The van der Waals surface area contributed by atoms with Gasteiger partial charge in [0, 0.05) is 22.1 Å². The van der Waals surface area contributed by atoms with Crippen LogP contribution in [0.3, 0.4) is 0 Å². The number of nitrogen functional groups attached to an aromatic ring is 1. The minimum atomic E-state index is -0.444. The van der Waals surface area contributed by atoms with E-state index in [9.17, 15) is 14.7 Å². The standard InChI is InChI=1S/C22H17NO4S.CH3O.2Na/c1-10-7-14-17(13-6-4-3-5-12(13)9-24)15-8-16(28)20(26)18(23)22(15)27-21(14)11(2)19(10)25;1-2;;/h3-9,25,28H,23H2,1-2H3;1H3;;/q;-1;2*+1/p-1. The summed E-state index contributed by atoms with van der Waals surface area (Å²) in [4.78, 5) is 24.2. The van der Waals surface area contributed by atoms with Crippen molar-refractivity contribution < 1.29 is 78.5 Å². The maximum Gasteiger partial charge on any atom is 1.00 e. The van der Waals surface area contributed by atoms with Gasteiger partial charge in [-0.1, -0.05) is 35.6 Å². The molecular formula is C23H19NNa2O5S. The molecule has 32 heavy (non-hydrogen) atoms. The van der Waals surface area contributed by atoms with E-state index in [0.29, 0.717) is 44.3 Å². The van der Waals surface area contributed by atoms with E-state index in [2.05, 4.69) is 12.6 Å². The van der Waals surface area contributed by atoms with Gasteiger partial charge in [0.25, 0.3) is 0 Å². The maximum absolute atomic E-state index is 12.5. The van der Waals surface area contributed by atoms with Crippen molar-refractivity contribution in [1.29, 1.82) is 0 Å². The van der Waals surface area contributed by atoms with Gasteiger partial charge in [-0.3, -0.25) is 9.59 Å². The van der Waals surface area contributed by atoms with E-state index in [0.717, 1.165) is 13.4 Å². The van der Waals surface area contributed by atoms with Crippen LogP contribution in [0.4, 0.5) is 5.69 Å². The molecule has 1 heterocycles. The van der Waals surface area contributed by atoms with Crippen LogP contribution in [0.1, 0.15) is 21.5 Å². The van der Waals surface area contributed by atoms with Crippen molar-refractivity contribution in [2.75, 3.05) is 12.8 Å². The van der Waals surface area contributed by atoms with E-state index in [1.54, 1.807) is 38.1 Å². The first kappa shape index (κ1) is 28.7. The Bertz CT molecular complexity index is 1320. The molecule has 1 aliphatic heterocycles. The van der Waals surface area contributed by atoms with Crippen molar-refractivity contribution in [2.24, 2.45) is 0 Å². The summed E-state index contributed by atoms with van der Waals surface area (Å²) in [5.74, 6) is 0.0364. The van der Waals surface area contributed by atoms with Crippen LogP contribution in [0.25, 0.3) is 33.4 Å². The number of carbonyl (C=O) groups is 1. The minimum Gasteiger partial charge on any atom is -0.872 e. The number of hydrogen-bond donors (Lipinski definition) is 2. The van der Waals surface area contributed by atoms with Crippen LogP contribution in [-0.2, 0) is 0 Å². The van der Waals surface area contributed by atoms with Crippen molar-refractivity contribution >= 4 is 35.6 Å². The van der Waals surface area contributed by atoms with Crippen LogP contribution in [0.15, 0.2) is 50.5 Å². The van der Waals surface area contributed by atoms with Crippen LogP contribution in [0, 0.1) is 13.8 Å². The summed E-state index contributed by atoms with van der Waals surface area (Å²) in [5.41, 5.74) is 9.20. The molecule has 0 saturated heterocycles. The molecule has 0 saturated carbocycles. The van der Waals surface area contributed by atoms with Gasteiger partial charge in [-0.05, 0) is 37.1 Å². The number of rotatable bonds is 2. The Balaban J connectivity index is 0.00000125. The molecule has 6 nitrogen and oxygen atoms in total. The molecule has 154 valence electrons. The fourth-order valence-corrected chi connectivity index (χ4v) is 3.83. The fraction of sp³-hybridized carbons (Fsp3) is 0.130. The monoisotopic (exact) mass is 467 g/mol. The molecular weight excluding hydrogens is 448 g/mol. The predicted molar refractivity (Wildman–Crippen MR) is 116 cm³/mol. The van der Waals surface area contributed by atoms with Crippen LogP contribution in [-0.4, -0.2) is 13.4 Å². The van der Waals surface area contributed by atoms with E-state index in [4.69, 9.17) is 15.3 Å². The molecule has 1 aliphatic carbocycles. The molecule has 9 heteroatoms. The average molecular weight is 467 g/mol. The summed E-state index contributed by atoms with van der Waals surface area (Å²) < 4.78 is 5.97. The first-order valence-electron chi connectivity index (χ1n) is 8.99. The number of aldehydes is 1. The number of hydrogen-bond acceptors (Lipinski definition) is 7.